The number of nitrogens with one attached hydrogen (secondary N) is 2. The molecule has 230 valence electrons. The molecule has 2 fully saturated rings. The Hall–Kier alpha value is -3.91. The molecule has 8 heteroatoms. The molecule has 44 heavy (non-hydrogen) atoms. The van der Waals surface area contributed by atoms with Crippen LogP contribution in [0.3, 0.4) is 0 Å². The van der Waals surface area contributed by atoms with Crippen molar-refractivity contribution in [1.29, 1.82) is 0 Å². The minimum Gasteiger partial charge on any atom is -0.337 e. The van der Waals surface area contributed by atoms with Crippen LogP contribution in [0.25, 0.3) is 5.69 Å². The maximum absolute atomic E-state index is 13.1. The molecule has 2 saturated heterocycles. The van der Waals surface area contributed by atoms with Gasteiger partial charge in [-0.05, 0) is 92.6 Å². The molecule has 2 atom stereocenters. The summed E-state index contributed by atoms with van der Waals surface area (Å²) in [6.07, 6.45) is 6.88. The predicted molar refractivity (Wildman–Crippen MR) is 179 cm³/mol. The van der Waals surface area contributed by atoms with E-state index < -0.39 is 0 Å². The van der Waals surface area contributed by atoms with Crippen molar-refractivity contribution in [3.8, 4) is 5.69 Å². The van der Waals surface area contributed by atoms with Crippen LogP contribution in [0.2, 0.25) is 0 Å². The van der Waals surface area contributed by atoms with Gasteiger partial charge in [-0.15, -0.1) is 11.3 Å². The smallest absolute Gasteiger partial charge is 0.324 e. The van der Waals surface area contributed by atoms with Crippen molar-refractivity contribution >= 4 is 34.8 Å². The first-order valence-electron chi connectivity index (χ1n) is 15.8. The summed E-state index contributed by atoms with van der Waals surface area (Å²) in [4.78, 5) is 29.7. The zero-order chi connectivity index (χ0) is 30.8. The first kappa shape index (κ1) is 30.1. The second-order valence-electron chi connectivity index (χ2n) is 13.5. The van der Waals surface area contributed by atoms with Crippen LogP contribution >= 0.6 is 11.3 Å². The molecule has 0 radical (unpaired) electrons. The van der Waals surface area contributed by atoms with E-state index in [2.05, 4.69) is 72.9 Å². The van der Waals surface area contributed by atoms with Gasteiger partial charge < -0.3 is 10.2 Å². The number of fused-ring (bicyclic) bond motifs is 2. The average Bonchev–Trinajstić information content (AvgIpc) is 3.72. The van der Waals surface area contributed by atoms with Crippen molar-refractivity contribution in [3.05, 3.63) is 93.8 Å². The van der Waals surface area contributed by atoms with Crippen LogP contribution in [0.5, 0.6) is 0 Å². The zero-order valence-corrected chi connectivity index (χ0v) is 27.0. The van der Waals surface area contributed by atoms with Gasteiger partial charge in [-0.1, -0.05) is 56.7 Å². The van der Waals surface area contributed by atoms with Crippen molar-refractivity contribution in [2.24, 2.45) is 5.92 Å². The van der Waals surface area contributed by atoms with E-state index in [1.165, 1.54) is 16.0 Å². The monoisotopic (exact) mass is 609 g/mol. The molecule has 4 heterocycles. The van der Waals surface area contributed by atoms with E-state index in [0.29, 0.717) is 36.1 Å². The molecule has 0 saturated carbocycles. The lowest BCUT2D eigenvalue weighted by Crippen LogP contribution is -2.47. The number of nitrogens with zero attached hydrogens (tertiary/aromatic N) is 3. The summed E-state index contributed by atoms with van der Waals surface area (Å²) >= 11 is 1.74. The van der Waals surface area contributed by atoms with E-state index in [4.69, 9.17) is 5.10 Å². The van der Waals surface area contributed by atoms with Gasteiger partial charge in [0.25, 0.3) is 0 Å². The Bertz CT molecular complexity index is 1570. The third-order valence-corrected chi connectivity index (χ3v) is 9.95. The molecule has 2 N–H and O–H groups in total. The number of aromatic nitrogens is 2. The average molecular weight is 610 g/mol. The van der Waals surface area contributed by atoms with Gasteiger partial charge in [0.15, 0.2) is 0 Å². The topological polar surface area (TPSA) is 79.3 Å². The third kappa shape index (κ3) is 6.91. The predicted octanol–water partition coefficient (Wildman–Crippen LogP) is 8.13. The summed E-state index contributed by atoms with van der Waals surface area (Å²) in [5.41, 5.74) is 4.82. The molecular formula is C36H43N5O2S. The van der Waals surface area contributed by atoms with Gasteiger partial charge in [0.05, 0.1) is 11.4 Å². The van der Waals surface area contributed by atoms with Crippen LogP contribution < -0.4 is 10.6 Å². The Kier molecular flexibility index (Phi) is 8.63. The van der Waals surface area contributed by atoms with Crippen molar-refractivity contribution in [2.75, 3.05) is 10.6 Å². The zero-order valence-electron chi connectivity index (χ0n) is 26.2. The molecule has 4 aromatic rings. The number of benzene rings is 2. The maximum Gasteiger partial charge on any atom is 0.324 e. The Labute approximate surface area is 264 Å². The molecule has 2 aliphatic heterocycles. The van der Waals surface area contributed by atoms with Gasteiger partial charge in [0, 0.05) is 40.6 Å². The van der Waals surface area contributed by atoms with E-state index in [1.807, 2.05) is 42.5 Å². The van der Waals surface area contributed by atoms with Gasteiger partial charge in [0.1, 0.15) is 5.82 Å². The quantitative estimate of drug-likeness (QED) is 0.212. The van der Waals surface area contributed by atoms with E-state index in [-0.39, 0.29) is 11.4 Å². The molecule has 2 aliphatic rings. The van der Waals surface area contributed by atoms with Crippen LogP contribution in [0, 0.1) is 12.8 Å². The summed E-state index contributed by atoms with van der Waals surface area (Å²) < 4.78 is 1.79. The number of piperidine rings is 1. The molecule has 2 aromatic carbocycles. The van der Waals surface area contributed by atoms with Crippen molar-refractivity contribution in [1.82, 2.24) is 14.7 Å². The lowest BCUT2D eigenvalue weighted by atomic mass is 9.85. The number of anilines is 2. The summed E-state index contributed by atoms with van der Waals surface area (Å²) in [6.45, 7) is 8.39. The molecule has 6 rings (SSSR count). The fourth-order valence-electron chi connectivity index (χ4n) is 6.73. The molecule has 0 aliphatic carbocycles. The number of hydrogen-bond donors (Lipinski definition) is 2. The number of hydrogen-bond acceptors (Lipinski definition) is 4. The third-order valence-electron chi connectivity index (χ3n) is 9.02. The summed E-state index contributed by atoms with van der Waals surface area (Å²) in [6, 6.07) is 22.9. The molecule has 2 aromatic heterocycles. The lowest BCUT2D eigenvalue weighted by Gasteiger charge is -2.39. The van der Waals surface area contributed by atoms with Crippen LogP contribution in [0.15, 0.2) is 72.1 Å². The molecule has 0 spiro atoms. The second-order valence-corrected chi connectivity index (χ2v) is 14.5. The lowest BCUT2D eigenvalue weighted by molar-refractivity contribution is -0.136. The Balaban J connectivity index is 1.04. The van der Waals surface area contributed by atoms with E-state index >= 15 is 0 Å². The van der Waals surface area contributed by atoms with Crippen LogP contribution in [-0.4, -0.2) is 38.7 Å². The van der Waals surface area contributed by atoms with Crippen LogP contribution in [0.4, 0.5) is 16.3 Å². The first-order valence-corrected chi connectivity index (χ1v) is 16.7. The van der Waals surface area contributed by atoms with E-state index in [0.717, 1.165) is 55.6 Å². The van der Waals surface area contributed by atoms with Crippen molar-refractivity contribution < 1.29 is 9.59 Å². The maximum atomic E-state index is 13.1. The molecule has 2 unspecified atom stereocenters. The number of thiophene rings is 1. The SMILES string of the molecule is Cc1ccc(-n2nc(C(C)(C)C)cc2NC(=O)Nc2ccc(CC3CC4CCC(C3)N4C(=O)CCc3cccs3)cc2)cc1. The Morgan fingerprint density at radius 3 is 2.30 bits per heavy atom. The first-order chi connectivity index (χ1) is 21.1. The Morgan fingerprint density at radius 1 is 0.955 bits per heavy atom. The van der Waals surface area contributed by atoms with Gasteiger partial charge in [-0.3, -0.25) is 10.1 Å². The van der Waals surface area contributed by atoms with Gasteiger partial charge >= 0.3 is 6.03 Å². The number of carbonyl (C=O) groups excluding carboxylic acids is 2. The van der Waals surface area contributed by atoms with Crippen molar-refractivity contribution in [3.63, 3.8) is 0 Å². The number of amides is 3. The van der Waals surface area contributed by atoms with Crippen LogP contribution in [0.1, 0.15) is 74.6 Å². The minimum atomic E-state index is -0.306. The van der Waals surface area contributed by atoms with E-state index in [1.54, 1.807) is 16.0 Å². The highest BCUT2D eigenvalue weighted by atomic mass is 32.1. The summed E-state index contributed by atoms with van der Waals surface area (Å²) in [7, 11) is 0. The highest BCUT2D eigenvalue weighted by Crippen LogP contribution is 2.40. The standard InChI is InChI=1S/C36H43N5O2S/c1-24-7-13-28(14-8-24)41-33(23-32(39-41)36(2,3)4)38-35(43)37-27-11-9-25(10-12-27)20-26-21-29-15-16-30(22-26)40(29)34(42)18-17-31-6-5-19-44-31/h5-14,19,23,26,29-30H,15-18,20-22H2,1-4H3,(H2,37,38,43). The van der Waals surface area contributed by atoms with Crippen molar-refractivity contribution in [2.45, 2.75) is 90.1 Å². The second kappa shape index (κ2) is 12.6. The Morgan fingerprint density at radius 2 is 1.66 bits per heavy atom. The van der Waals surface area contributed by atoms with E-state index in [9.17, 15) is 9.59 Å². The number of urea groups is 1. The van der Waals surface area contributed by atoms with Gasteiger partial charge in [-0.25, -0.2) is 9.48 Å². The number of aryl methyl sites for hydroxylation is 2. The van der Waals surface area contributed by atoms with Crippen LogP contribution in [-0.2, 0) is 23.1 Å². The normalized spacial score (nSPS) is 19.6. The van der Waals surface area contributed by atoms with Gasteiger partial charge in [-0.2, -0.15) is 5.10 Å². The highest BCUT2D eigenvalue weighted by molar-refractivity contribution is 7.09. The van der Waals surface area contributed by atoms with Gasteiger partial charge in [0.2, 0.25) is 5.91 Å². The minimum absolute atomic E-state index is 0.158. The highest BCUT2D eigenvalue weighted by Gasteiger charge is 2.42. The molecular weight excluding hydrogens is 566 g/mol. The fourth-order valence-corrected chi connectivity index (χ4v) is 7.44. The number of rotatable bonds is 8. The molecule has 7 nitrogen and oxygen atoms in total. The fraction of sp³-hybridized carbons (Fsp3) is 0.417. The largest absolute Gasteiger partial charge is 0.337 e. The number of carbonyl (C=O) groups is 2. The molecule has 2 bridgehead atoms. The summed E-state index contributed by atoms with van der Waals surface area (Å²) in [5.74, 6) is 1.53. The molecule has 3 amide bonds. The summed E-state index contributed by atoms with van der Waals surface area (Å²) in [5, 5.41) is 12.9.